The zero-order chi connectivity index (χ0) is 14.7. The number of hydrogen-bond acceptors (Lipinski definition) is 3. The molecule has 0 aliphatic carbocycles. The molecule has 3 heteroatoms. The standard InChI is InChI=1S/C18H18O3/c1-2-20-16-8-5-7-14(11-16)18(19)15-10-13-6-3-4-9-17(13)21-12-15/h3-9,11,15H,2,10,12H2,1H3. The fourth-order valence-corrected chi connectivity index (χ4v) is 2.64. The van der Waals surface area contributed by atoms with Gasteiger partial charge in [-0.25, -0.2) is 0 Å². The molecule has 0 spiro atoms. The molecule has 0 fully saturated rings. The second-order valence-electron chi connectivity index (χ2n) is 5.14. The van der Waals surface area contributed by atoms with Crippen LogP contribution in [0.2, 0.25) is 0 Å². The van der Waals surface area contributed by atoms with E-state index in [0.717, 1.165) is 23.5 Å². The Labute approximate surface area is 124 Å². The van der Waals surface area contributed by atoms with Gasteiger partial charge in [0.2, 0.25) is 0 Å². The van der Waals surface area contributed by atoms with Gasteiger partial charge < -0.3 is 9.47 Å². The highest BCUT2D eigenvalue weighted by Gasteiger charge is 2.26. The minimum absolute atomic E-state index is 0.117. The number of carbonyl (C=O) groups excluding carboxylic acids is 1. The SMILES string of the molecule is CCOc1cccc(C(=O)C2COc3ccccc3C2)c1. The van der Waals surface area contributed by atoms with Gasteiger partial charge in [0.15, 0.2) is 5.78 Å². The molecule has 0 saturated carbocycles. The summed E-state index contributed by atoms with van der Waals surface area (Å²) in [5.41, 5.74) is 1.79. The highest BCUT2D eigenvalue weighted by atomic mass is 16.5. The maximum absolute atomic E-state index is 12.6. The van der Waals surface area contributed by atoms with E-state index in [2.05, 4.69) is 0 Å². The van der Waals surface area contributed by atoms with Crippen molar-refractivity contribution >= 4 is 5.78 Å². The Morgan fingerprint density at radius 1 is 1.24 bits per heavy atom. The van der Waals surface area contributed by atoms with Crippen LogP contribution < -0.4 is 9.47 Å². The molecule has 21 heavy (non-hydrogen) atoms. The van der Waals surface area contributed by atoms with E-state index in [1.54, 1.807) is 0 Å². The molecule has 1 aliphatic rings. The Hall–Kier alpha value is -2.29. The molecule has 1 aliphatic heterocycles. The van der Waals surface area contributed by atoms with E-state index in [1.807, 2.05) is 55.5 Å². The van der Waals surface area contributed by atoms with Crippen LogP contribution in [0.25, 0.3) is 0 Å². The number of ether oxygens (including phenoxy) is 2. The molecule has 0 bridgehead atoms. The third-order valence-corrected chi connectivity index (χ3v) is 3.68. The van der Waals surface area contributed by atoms with Gasteiger partial charge in [0.1, 0.15) is 11.5 Å². The Morgan fingerprint density at radius 3 is 2.95 bits per heavy atom. The van der Waals surface area contributed by atoms with E-state index in [4.69, 9.17) is 9.47 Å². The number of carbonyl (C=O) groups is 1. The molecule has 3 rings (SSSR count). The van der Waals surface area contributed by atoms with Crippen molar-refractivity contribution in [2.24, 2.45) is 5.92 Å². The van der Waals surface area contributed by atoms with Crippen LogP contribution in [0.4, 0.5) is 0 Å². The number of fused-ring (bicyclic) bond motifs is 1. The van der Waals surface area contributed by atoms with E-state index < -0.39 is 0 Å². The predicted octanol–water partition coefficient (Wildman–Crippen LogP) is 3.52. The van der Waals surface area contributed by atoms with Crippen molar-refractivity contribution in [2.45, 2.75) is 13.3 Å². The van der Waals surface area contributed by atoms with Gasteiger partial charge in [0.25, 0.3) is 0 Å². The first-order chi connectivity index (χ1) is 10.3. The number of ketones is 1. The van der Waals surface area contributed by atoms with Gasteiger partial charge in [-0.2, -0.15) is 0 Å². The zero-order valence-electron chi connectivity index (χ0n) is 12.0. The molecule has 1 atom stereocenters. The monoisotopic (exact) mass is 282 g/mol. The predicted molar refractivity (Wildman–Crippen MR) is 81.1 cm³/mol. The Bertz CT molecular complexity index is 648. The summed E-state index contributed by atoms with van der Waals surface area (Å²) in [7, 11) is 0. The Balaban J connectivity index is 1.79. The zero-order valence-corrected chi connectivity index (χ0v) is 12.0. The fourth-order valence-electron chi connectivity index (χ4n) is 2.64. The van der Waals surface area contributed by atoms with E-state index in [-0.39, 0.29) is 11.7 Å². The summed E-state index contributed by atoms with van der Waals surface area (Å²) in [5, 5.41) is 0. The number of Topliss-reactive ketones (excluding diaryl/α,β-unsaturated/α-hetero) is 1. The molecule has 0 aromatic heterocycles. The highest BCUT2D eigenvalue weighted by Crippen LogP contribution is 2.29. The van der Waals surface area contributed by atoms with Crippen LogP contribution in [0, 0.1) is 5.92 Å². The second kappa shape index (κ2) is 6.00. The number of hydrogen-bond donors (Lipinski definition) is 0. The van der Waals surface area contributed by atoms with Crippen LogP contribution in [-0.4, -0.2) is 19.0 Å². The van der Waals surface area contributed by atoms with Crippen molar-refractivity contribution in [2.75, 3.05) is 13.2 Å². The van der Waals surface area contributed by atoms with E-state index >= 15 is 0 Å². The van der Waals surface area contributed by atoms with Gasteiger partial charge in [0, 0.05) is 5.56 Å². The van der Waals surface area contributed by atoms with Gasteiger partial charge in [-0.05, 0) is 37.1 Å². The normalized spacial score (nSPS) is 16.7. The van der Waals surface area contributed by atoms with Gasteiger partial charge in [-0.1, -0.05) is 30.3 Å². The van der Waals surface area contributed by atoms with Crippen LogP contribution in [0.5, 0.6) is 11.5 Å². The first-order valence-corrected chi connectivity index (χ1v) is 7.25. The lowest BCUT2D eigenvalue weighted by Gasteiger charge is -2.24. The highest BCUT2D eigenvalue weighted by molar-refractivity contribution is 5.98. The molecular formula is C18H18O3. The second-order valence-corrected chi connectivity index (χ2v) is 5.14. The smallest absolute Gasteiger partial charge is 0.169 e. The first-order valence-electron chi connectivity index (χ1n) is 7.25. The van der Waals surface area contributed by atoms with Crippen molar-refractivity contribution < 1.29 is 14.3 Å². The maximum Gasteiger partial charge on any atom is 0.169 e. The minimum atomic E-state index is -0.128. The quantitative estimate of drug-likeness (QED) is 0.805. The van der Waals surface area contributed by atoms with E-state index in [9.17, 15) is 4.79 Å². The van der Waals surface area contributed by atoms with Crippen molar-refractivity contribution in [3.63, 3.8) is 0 Å². The maximum atomic E-state index is 12.6. The average Bonchev–Trinajstić information content (AvgIpc) is 2.54. The third-order valence-electron chi connectivity index (χ3n) is 3.68. The largest absolute Gasteiger partial charge is 0.494 e. The molecule has 108 valence electrons. The van der Waals surface area contributed by atoms with Crippen molar-refractivity contribution in [1.29, 1.82) is 0 Å². The van der Waals surface area contributed by atoms with Gasteiger partial charge in [-0.15, -0.1) is 0 Å². The van der Waals surface area contributed by atoms with Crippen molar-refractivity contribution in [3.05, 3.63) is 59.7 Å². The Morgan fingerprint density at radius 2 is 2.10 bits per heavy atom. The lowest BCUT2D eigenvalue weighted by molar-refractivity contribution is 0.0854. The fraction of sp³-hybridized carbons (Fsp3) is 0.278. The van der Waals surface area contributed by atoms with Crippen molar-refractivity contribution in [1.82, 2.24) is 0 Å². The molecule has 1 unspecified atom stereocenters. The van der Waals surface area contributed by atoms with E-state index in [0.29, 0.717) is 18.8 Å². The summed E-state index contributed by atoms with van der Waals surface area (Å²) < 4.78 is 11.2. The summed E-state index contributed by atoms with van der Waals surface area (Å²) in [4.78, 5) is 12.6. The molecule has 3 nitrogen and oxygen atoms in total. The summed E-state index contributed by atoms with van der Waals surface area (Å²) in [5.74, 6) is 1.62. The topological polar surface area (TPSA) is 35.5 Å². The van der Waals surface area contributed by atoms with Crippen LogP contribution in [0.3, 0.4) is 0 Å². The van der Waals surface area contributed by atoms with Crippen molar-refractivity contribution in [3.8, 4) is 11.5 Å². The third kappa shape index (κ3) is 2.92. The van der Waals surface area contributed by atoms with Gasteiger partial charge in [0.05, 0.1) is 19.1 Å². The number of para-hydroxylation sites is 1. The lowest BCUT2D eigenvalue weighted by atomic mass is 9.90. The molecule has 2 aromatic carbocycles. The Kier molecular flexibility index (Phi) is 3.91. The number of benzene rings is 2. The number of rotatable bonds is 4. The van der Waals surface area contributed by atoms with Gasteiger partial charge >= 0.3 is 0 Å². The minimum Gasteiger partial charge on any atom is -0.494 e. The van der Waals surface area contributed by atoms with Crippen LogP contribution >= 0.6 is 0 Å². The molecule has 0 saturated heterocycles. The molecule has 0 amide bonds. The molecule has 1 heterocycles. The van der Waals surface area contributed by atoms with Crippen LogP contribution in [0.15, 0.2) is 48.5 Å². The summed E-state index contributed by atoms with van der Waals surface area (Å²) in [6.07, 6.45) is 0.730. The molecule has 0 N–H and O–H groups in total. The lowest BCUT2D eigenvalue weighted by Crippen LogP contribution is -2.28. The average molecular weight is 282 g/mol. The first kappa shape index (κ1) is 13.7. The summed E-state index contributed by atoms with van der Waals surface area (Å²) in [6.45, 7) is 2.96. The van der Waals surface area contributed by atoms with E-state index in [1.165, 1.54) is 0 Å². The van der Waals surface area contributed by atoms with Crippen LogP contribution in [0.1, 0.15) is 22.8 Å². The molecule has 2 aromatic rings. The summed E-state index contributed by atoms with van der Waals surface area (Å²) >= 11 is 0. The van der Waals surface area contributed by atoms with Crippen LogP contribution in [-0.2, 0) is 6.42 Å². The molecule has 0 radical (unpaired) electrons. The molecular weight excluding hydrogens is 264 g/mol. The summed E-state index contributed by atoms with van der Waals surface area (Å²) in [6, 6.07) is 15.3. The van der Waals surface area contributed by atoms with Gasteiger partial charge in [-0.3, -0.25) is 4.79 Å².